The Kier molecular flexibility index (Phi) is 6.98. The molecule has 3 aromatic rings. The molecule has 0 aliphatic carbocycles. The largest absolute Gasteiger partial charge is 0.495 e. The second-order valence-electron chi connectivity index (χ2n) is 7.86. The number of aromatic nitrogens is 1. The van der Waals surface area contributed by atoms with Crippen molar-refractivity contribution < 1.29 is 17.9 Å². The molecule has 9 heteroatoms. The van der Waals surface area contributed by atoms with Crippen LogP contribution in [0.3, 0.4) is 0 Å². The standard InChI is InChI=1S/C22H27N3O4S2/c1-13(2)10-19(22(26)24-18-11-14(3)6-9-20(18)29-5)25-31(27,28)16-7-8-17-21(12-16)30-15(4)23-17/h6-9,11-13,19,25H,10H2,1-5H3,(H,24,26)/t19-/m1/s1. The van der Waals surface area contributed by atoms with Crippen molar-refractivity contribution in [3.8, 4) is 5.75 Å². The Bertz CT molecular complexity index is 1200. The summed E-state index contributed by atoms with van der Waals surface area (Å²) in [7, 11) is -2.39. The first-order chi connectivity index (χ1) is 14.6. The quantitative estimate of drug-likeness (QED) is 0.523. The molecule has 0 aliphatic rings. The van der Waals surface area contributed by atoms with E-state index in [1.54, 1.807) is 24.3 Å². The first-order valence-electron chi connectivity index (χ1n) is 9.94. The molecule has 0 saturated heterocycles. The summed E-state index contributed by atoms with van der Waals surface area (Å²) >= 11 is 1.43. The van der Waals surface area contributed by atoms with Crippen LogP contribution in [-0.4, -0.2) is 32.5 Å². The number of nitrogens with one attached hydrogen (secondary N) is 2. The fourth-order valence-corrected chi connectivity index (χ4v) is 5.44. The highest BCUT2D eigenvalue weighted by Crippen LogP contribution is 2.27. The van der Waals surface area contributed by atoms with Crippen LogP contribution in [0.25, 0.3) is 10.2 Å². The molecule has 1 amide bonds. The van der Waals surface area contributed by atoms with E-state index in [0.717, 1.165) is 20.8 Å². The minimum Gasteiger partial charge on any atom is -0.495 e. The van der Waals surface area contributed by atoms with Gasteiger partial charge in [-0.05, 0) is 62.1 Å². The molecule has 0 radical (unpaired) electrons. The zero-order valence-electron chi connectivity index (χ0n) is 18.2. The molecule has 0 bridgehead atoms. The molecule has 0 unspecified atom stereocenters. The van der Waals surface area contributed by atoms with Crippen molar-refractivity contribution in [1.82, 2.24) is 9.71 Å². The van der Waals surface area contributed by atoms with E-state index in [1.165, 1.54) is 24.5 Å². The van der Waals surface area contributed by atoms with Crippen LogP contribution in [-0.2, 0) is 14.8 Å². The Morgan fingerprint density at radius 3 is 2.58 bits per heavy atom. The molecule has 0 aliphatic heterocycles. The number of hydrogen-bond donors (Lipinski definition) is 2. The molecule has 2 N–H and O–H groups in total. The fourth-order valence-electron chi connectivity index (χ4n) is 3.26. The number of rotatable bonds is 8. The minimum absolute atomic E-state index is 0.101. The molecule has 0 spiro atoms. The van der Waals surface area contributed by atoms with E-state index in [1.807, 2.05) is 33.8 Å². The van der Waals surface area contributed by atoms with Crippen LogP contribution in [0, 0.1) is 19.8 Å². The number of fused-ring (bicyclic) bond motifs is 1. The molecule has 0 saturated carbocycles. The predicted octanol–water partition coefficient (Wildman–Crippen LogP) is 4.25. The van der Waals surface area contributed by atoms with Crippen molar-refractivity contribution in [3.05, 3.63) is 47.0 Å². The van der Waals surface area contributed by atoms with Crippen LogP contribution >= 0.6 is 11.3 Å². The van der Waals surface area contributed by atoms with Gasteiger partial charge >= 0.3 is 0 Å². The van der Waals surface area contributed by atoms with Gasteiger partial charge in [-0.15, -0.1) is 11.3 Å². The highest BCUT2D eigenvalue weighted by atomic mass is 32.2. The van der Waals surface area contributed by atoms with Gasteiger partial charge in [0.25, 0.3) is 0 Å². The number of amides is 1. The van der Waals surface area contributed by atoms with Gasteiger partial charge in [0.2, 0.25) is 15.9 Å². The second kappa shape index (κ2) is 9.33. The number of aryl methyl sites for hydroxylation is 2. The first kappa shape index (κ1) is 23.2. The van der Waals surface area contributed by atoms with Crippen molar-refractivity contribution >= 4 is 43.2 Å². The summed E-state index contributed by atoms with van der Waals surface area (Å²) in [6.45, 7) is 7.66. The lowest BCUT2D eigenvalue weighted by Crippen LogP contribution is -2.44. The summed E-state index contributed by atoms with van der Waals surface area (Å²) in [5.74, 6) is 0.177. The SMILES string of the molecule is COc1ccc(C)cc1NC(=O)[C@@H](CC(C)C)NS(=O)(=O)c1ccc2nc(C)sc2c1. The van der Waals surface area contributed by atoms with Crippen molar-refractivity contribution in [1.29, 1.82) is 0 Å². The third kappa shape index (κ3) is 5.61. The number of sulfonamides is 1. The lowest BCUT2D eigenvalue weighted by Gasteiger charge is -2.21. The number of carbonyl (C=O) groups is 1. The molecule has 2 aromatic carbocycles. The van der Waals surface area contributed by atoms with Gasteiger partial charge in [0.15, 0.2) is 0 Å². The molecule has 166 valence electrons. The van der Waals surface area contributed by atoms with Gasteiger partial charge in [-0.2, -0.15) is 4.72 Å². The lowest BCUT2D eigenvalue weighted by molar-refractivity contribution is -0.118. The molecular weight excluding hydrogens is 434 g/mol. The van der Waals surface area contributed by atoms with Crippen LogP contribution < -0.4 is 14.8 Å². The summed E-state index contributed by atoms with van der Waals surface area (Å²) in [6.07, 6.45) is 0.348. The van der Waals surface area contributed by atoms with E-state index in [0.29, 0.717) is 17.9 Å². The average molecular weight is 462 g/mol. The van der Waals surface area contributed by atoms with Crippen molar-refractivity contribution in [2.75, 3.05) is 12.4 Å². The van der Waals surface area contributed by atoms with E-state index < -0.39 is 22.0 Å². The molecule has 1 heterocycles. The van der Waals surface area contributed by atoms with Crippen LogP contribution in [0.1, 0.15) is 30.8 Å². The van der Waals surface area contributed by atoms with Crippen molar-refractivity contribution in [2.45, 2.75) is 45.1 Å². The Morgan fingerprint density at radius 2 is 1.90 bits per heavy atom. The number of carbonyl (C=O) groups excluding carboxylic acids is 1. The van der Waals surface area contributed by atoms with Gasteiger partial charge in [-0.25, -0.2) is 13.4 Å². The van der Waals surface area contributed by atoms with Gasteiger partial charge < -0.3 is 10.1 Å². The van der Waals surface area contributed by atoms with E-state index in [9.17, 15) is 13.2 Å². The number of anilines is 1. The number of thiazole rings is 1. The maximum atomic E-state index is 13.1. The Labute approximate surface area is 186 Å². The topological polar surface area (TPSA) is 97.4 Å². The molecular formula is C22H27N3O4S2. The fraction of sp³-hybridized carbons (Fsp3) is 0.364. The van der Waals surface area contributed by atoms with Crippen LogP contribution in [0.15, 0.2) is 41.3 Å². The molecule has 1 aromatic heterocycles. The highest BCUT2D eigenvalue weighted by molar-refractivity contribution is 7.89. The average Bonchev–Trinajstić information content (AvgIpc) is 3.06. The summed E-state index contributed by atoms with van der Waals surface area (Å²) in [4.78, 5) is 17.5. The smallest absolute Gasteiger partial charge is 0.242 e. The van der Waals surface area contributed by atoms with E-state index >= 15 is 0 Å². The first-order valence-corrected chi connectivity index (χ1v) is 12.2. The Hall–Kier alpha value is -2.49. The minimum atomic E-state index is -3.91. The third-order valence-electron chi connectivity index (χ3n) is 4.71. The van der Waals surface area contributed by atoms with Crippen LogP contribution in [0.5, 0.6) is 5.75 Å². The van der Waals surface area contributed by atoms with Crippen molar-refractivity contribution in [2.24, 2.45) is 5.92 Å². The second-order valence-corrected chi connectivity index (χ2v) is 10.8. The zero-order valence-corrected chi connectivity index (χ0v) is 19.9. The highest BCUT2D eigenvalue weighted by Gasteiger charge is 2.27. The maximum absolute atomic E-state index is 13.1. The van der Waals surface area contributed by atoms with Gasteiger partial charge in [-0.1, -0.05) is 19.9 Å². The summed E-state index contributed by atoms with van der Waals surface area (Å²) in [5.41, 5.74) is 2.21. The maximum Gasteiger partial charge on any atom is 0.242 e. The number of nitrogens with zero attached hydrogens (tertiary/aromatic N) is 1. The summed E-state index contributed by atoms with van der Waals surface area (Å²) < 4.78 is 34.8. The predicted molar refractivity (Wildman–Crippen MR) is 124 cm³/mol. The number of hydrogen-bond acceptors (Lipinski definition) is 6. The van der Waals surface area contributed by atoms with Crippen LogP contribution in [0.2, 0.25) is 0 Å². The molecule has 1 atom stereocenters. The monoisotopic (exact) mass is 461 g/mol. The normalized spacial score (nSPS) is 12.8. The lowest BCUT2D eigenvalue weighted by atomic mass is 10.0. The van der Waals surface area contributed by atoms with E-state index in [4.69, 9.17) is 4.74 Å². The van der Waals surface area contributed by atoms with Crippen LogP contribution in [0.4, 0.5) is 5.69 Å². The molecule has 7 nitrogen and oxygen atoms in total. The zero-order chi connectivity index (χ0) is 22.8. The molecule has 3 rings (SSSR count). The number of ether oxygens (including phenoxy) is 1. The third-order valence-corrected chi connectivity index (χ3v) is 7.11. The summed E-state index contributed by atoms with van der Waals surface area (Å²) in [5, 5.41) is 3.68. The molecule has 0 fully saturated rings. The van der Waals surface area contributed by atoms with E-state index in [2.05, 4.69) is 15.0 Å². The van der Waals surface area contributed by atoms with Gasteiger partial charge in [0.05, 0.1) is 32.9 Å². The Morgan fingerprint density at radius 1 is 1.16 bits per heavy atom. The van der Waals surface area contributed by atoms with E-state index in [-0.39, 0.29) is 10.8 Å². The van der Waals surface area contributed by atoms with Crippen molar-refractivity contribution in [3.63, 3.8) is 0 Å². The number of methoxy groups -OCH3 is 1. The number of benzene rings is 2. The van der Waals surface area contributed by atoms with Gasteiger partial charge in [-0.3, -0.25) is 4.79 Å². The summed E-state index contributed by atoms with van der Waals surface area (Å²) in [6, 6.07) is 9.28. The van der Waals surface area contributed by atoms with Gasteiger partial charge in [0, 0.05) is 0 Å². The molecule has 31 heavy (non-hydrogen) atoms. The van der Waals surface area contributed by atoms with Gasteiger partial charge in [0.1, 0.15) is 11.8 Å². The Balaban J connectivity index is 1.87.